The molecular formula is C13H11Cl3N4O2. The highest BCUT2D eigenvalue weighted by molar-refractivity contribution is 6.36. The fourth-order valence-corrected chi connectivity index (χ4v) is 2.22. The van der Waals surface area contributed by atoms with Crippen molar-refractivity contribution < 1.29 is 9.63 Å². The molecule has 116 valence electrons. The lowest BCUT2D eigenvalue weighted by Crippen LogP contribution is -2.16. The molecule has 0 bridgehead atoms. The second-order valence-corrected chi connectivity index (χ2v) is 5.52. The largest absolute Gasteiger partial charge is 0.380 e. The van der Waals surface area contributed by atoms with E-state index in [-0.39, 0.29) is 12.3 Å². The highest BCUT2D eigenvalue weighted by Gasteiger charge is 2.08. The van der Waals surface area contributed by atoms with Gasteiger partial charge in [-0.05, 0) is 18.2 Å². The summed E-state index contributed by atoms with van der Waals surface area (Å²) in [5.74, 6) is -0.572. The van der Waals surface area contributed by atoms with Crippen molar-refractivity contribution in [3.05, 3.63) is 51.2 Å². The summed E-state index contributed by atoms with van der Waals surface area (Å²) in [4.78, 5) is 16.3. The van der Waals surface area contributed by atoms with E-state index in [2.05, 4.69) is 10.3 Å². The number of benzene rings is 1. The molecule has 0 amide bonds. The Hall–Kier alpha value is -1.76. The summed E-state index contributed by atoms with van der Waals surface area (Å²) >= 11 is 17.5. The molecule has 0 radical (unpaired) electrons. The summed E-state index contributed by atoms with van der Waals surface area (Å²) in [6.45, 7) is 0.322. The van der Waals surface area contributed by atoms with Crippen LogP contribution < -0.4 is 5.73 Å². The number of amidine groups is 1. The van der Waals surface area contributed by atoms with Crippen LogP contribution >= 0.6 is 34.8 Å². The zero-order valence-electron chi connectivity index (χ0n) is 11.2. The van der Waals surface area contributed by atoms with Crippen LogP contribution in [0.2, 0.25) is 15.1 Å². The summed E-state index contributed by atoms with van der Waals surface area (Å²) < 4.78 is 1.52. The first-order valence-electron chi connectivity index (χ1n) is 6.12. The van der Waals surface area contributed by atoms with Gasteiger partial charge in [-0.3, -0.25) is 4.68 Å². The van der Waals surface area contributed by atoms with E-state index in [1.54, 1.807) is 18.3 Å². The molecule has 0 aliphatic rings. The van der Waals surface area contributed by atoms with Gasteiger partial charge in [0.1, 0.15) is 0 Å². The summed E-state index contributed by atoms with van der Waals surface area (Å²) in [5.41, 5.74) is 6.14. The van der Waals surface area contributed by atoms with E-state index >= 15 is 0 Å². The number of oxime groups is 1. The maximum Gasteiger partial charge on any atom is 0.336 e. The Morgan fingerprint density at radius 1 is 1.32 bits per heavy atom. The monoisotopic (exact) mass is 360 g/mol. The van der Waals surface area contributed by atoms with Gasteiger partial charge in [0.25, 0.3) is 0 Å². The van der Waals surface area contributed by atoms with Crippen LogP contribution in [-0.2, 0) is 16.2 Å². The van der Waals surface area contributed by atoms with E-state index in [1.807, 2.05) is 0 Å². The Morgan fingerprint density at radius 3 is 2.73 bits per heavy atom. The average Bonchev–Trinajstić information content (AvgIpc) is 2.88. The summed E-state index contributed by atoms with van der Waals surface area (Å²) in [5, 5.41) is 8.78. The van der Waals surface area contributed by atoms with Gasteiger partial charge in [-0.2, -0.15) is 5.10 Å². The van der Waals surface area contributed by atoms with Gasteiger partial charge in [0.2, 0.25) is 0 Å². The first-order valence-corrected chi connectivity index (χ1v) is 7.26. The number of halogens is 3. The van der Waals surface area contributed by atoms with Crippen molar-refractivity contribution >= 4 is 46.6 Å². The Kier molecular flexibility index (Phi) is 5.65. The van der Waals surface area contributed by atoms with Crippen molar-refractivity contribution in [3.8, 4) is 0 Å². The normalized spacial score (nSPS) is 11.5. The van der Waals surface area contributed by atoms with E-state index < -0.39 is 5.97 Å². The van der Waals surface area contributed by atoms with E-state index in [9.17, 15) is 4.79 Å². The quantitative estimate of drug-likeness (QED) is 0.384. The number of carbonyl (C=O) groups excluding carboxylic acids is 1. The highest BCUT2D eigenvalue weighted by Crippen LogP contribution is 2.20. The number of nitrogens with two attached hydrogens (primary N) is 1. The number of carbonyl (C=O) groups is 1. The number of aromatic nitrogens is 2. The van der Waals surface area contributed by atoms with Gasteiger partial charge in [-0.15, -0.1) is 0 Å². The highest BCUT2D eigenvalue weighted by atomic mass is 35.5. The van der Waals surface area contributed by atoms with Gasteiger partial charge in [0.05, 0.1) is 29.2 Å². The number of hydrogen-bond acceptors (Lipinski definition) is 4. The Labute approximate surface area is 141 Å². The Bertz CT molecular complexity index is 715. The lowest BCUT2D eigenvalue weighted by Gasteiger charge is -2.04. The van der Waals surface area contributed by atoms with Crippen molar-refractivity contribution in [2.45, 2.75) is 13.0 Å². The van der Waals surface area contributed by atoms with Crippen molar-refractivity contribution in [3.63, 3.8) is 0 Å². The van der Waals surface area contributed by atoms with Crippen molar-refractivity contribution in [1.82, 2.24) is 9.78 Å². The van der Waals surface area contributed by atoms with Crippen LogP contribution in [0.3, 0.4) is 0 Å². The predicted octanol–water partition coefficient (Wildman–Crippen LogP) is 3.10. The minimum absolute atomic E-state index is 0.0165. The summed E-state index contributed by atoms with van der Waals surface area (Å²) in [6.07, 6.45) is 3.15. The van der Waals surface area contributed by atoms with Gasteiger partial charge in [-0.1, -0.05) is 40.0 Å². The molecule has 1 heterocycles. The average molecular weight is 362 g/mol. The zero-order chi connectivity index (χ0) is 16.1. The molecule has 0 aliphatic heterocycles. The smallest absolute Gasteiger partial charge is 0.336 e. The molecule has 0 atom stereocenters. The molecule has 2 N–H and O–H groups in total. The lowest BCUT2D eigenvalue weighted by molar-refractivity contribution is -0.143. The van der Waals surface area contributed by atoms with E-state index in [0.717, 1.165) is 0 Å². The first-order chi connectivity index (χ1) is 10.5. The molecule has 0 saturated heterocycles. The van der Waals surface area contributed by atoms with E-state index in [1.165, 1.54) is 16.9 Å². The summed E-state index contributed by atoms with van der Waals surface area (Å²) in [7, 11) is 0. The van der Waals surface area contributed by atoms with Crippen LogP contribution in [0.1, 0.15) is 12.0 Å². The Balaban J connectivity index is 1.91. The molecule has 1 aromatic carbocycles. The fraction of sp³-hybridized carbons (Fsp3) is 0.154. The molecule has 6 nitrogen and oxygen atoms in total. The van der Waals surface area contributed by atoms with Gasteiger partial charge in [-0.25, -0.2) is 4.79 Å². The summed E-state index contributed by atoms with van der Waals surface area (Å²) in [6, 6.07) is 4.71. The van der Waals surface area contributed by atoms with Gasteiger partial charge in [0, 0.05) is 16.8 Å². The van der Waals surface area contributed by atoms with Crippen LogP contribution in [0, 0.1) is 0 Å². The standard InChI is InChI=1S/C13H11Cl3N4O2/c14-8-1-2-10(11(16)5-8)13(17)19-22-12(21)3-4-20-7-9(15)6-18-20/h1-2,5-7H,3-4H2,(H2,17,19). The number of nitrogens with zero attached hydrogens (tertiary/aromatic N) is 3. The minimum atomic E-state index is -0.556. The number of hydrogen-bond donors (Lipinski definition) is 1. The molecule has 0 saturated carbocycles. The maximum absolute atomic E-state index is 11.6. The molecule has 2 aromatic rings. The minimum Gasteiger partial charge on any atom is -0.380 e. The molecule has 22 heavy (non-hydrogen) atoms. The predicted molar refractivity (Wildman–Crippen MR) is 85.1 cm³/mol. The second kappa shape index (κ2) is 7.49. The van der Waals surface area contributed by atoms with Crippen LogP contribution in [0.15, 0.2) is 35.7 Å². The second-order valence-electron chi connectivity index (χ2n) is 4.24. The molecular weight excluding hydrogens is 351 g/mol. The first kappa shape index (κ1) is 16.6. The van der Waals surface area contributed by atoms with Crippen LogP contribution in [-0.4, -0.2) is 21.6 Å². The van der Waals surface area contributed by atoms with Gasteiger partial charge in [0.15, 0.2) is 5.84 Å². The number of rotatable bonds is 5. The zero-order valence-corrected chi connectivity index (χ0v) is 13.4. The maximum atomic E-state index is 11.6. The lowest BCUT2D eigenvalue weighted by atomic mass is 10.2. The Morgan fingerprint density at radius 2 is 2.09 bits per heavy atom. The van der Waals surface area contributed by atoms with Gasteiger partial charge >= 0.3 is 5.97 Å². The number of aryl methyl sites for hydroxylation is 1. The third-order valence-corrected chi connectivity index (χ3v) is 3.34. The molecule has 2 rings (SSSR count). The van der Waals surface area contributed by atoms with Crippen LogP contribution in [0.5, 0.6) is 0 Å². The molecule has 0 spiro atoms. The van der Waals surface area contributed by atoms with E-state index in [4.69, 9.17) is 45.4 Å². The van der Waals surface area contributed by atoms with Crippen molar-refractivity contribution in [2.24, 2.45) is 10.9 Å². The van der Waals surface area contributed by atoms with Crippen molar-refractivity contribution in [2.75, 3.05) is 0 Å². The fourth-order valence-electron chi connectivity index (χ4n) is 1.56. The third kappa shape index (κ3) is 4.62. The third-order valence-electron chi connectivity index (χ3n) is 2.60. The molecule has 1 aromatic heterocycles. The molecule has 0 unspecified atom stereocenters. The topological polar surface area (TPSA) is 82.5 Å². The van der Waals surface area contributed by atoms with Gasteiger partial charge < -0.3 is 10.6 Å². The van der Waals surface area contributed by atoms with Crippen LogP contribution in [0.25, 0.3) is 0 Å². The molecule has 9 heteroatoms. The van der Waals surface area contributed by atoms with Crippen molar-refractivity contribution in [1.29, 1.82) is 0 Å². The molecule has 0 aliphatic carbocycles. The SMILES string of the molecule is N/C(=N\OC(=O)CCn1cc(Cl)cn1)c1ccc(Cl)cc1Cl. The van der Waals surface area contributed by atoms with E-state index in [0.29, 0.717) is 27.2 Å². The molecule has 0 fully saturated rings. The van der Waals surface area contributed by atoms with Crippen LogP contribution in [0.4, 0.5) is 0 Å².